The van der Waals surface area contributed by atoms with E-state index in [0.29, 0.717) is 5.95 Å². The minimum Gasteiger partial charge on any atom is -0.468 e. The molecular weight excluding hydrogens is 250 g/mol. The first-order valence-electron chi connectivity index (χ1n) is 5.41. The van der Waals surface area contributed by atoms with Crippen LogP contribution in [0.5, 0.6) is 0 Å². The highest BCUT2D eigenvalue weighted by Crippen LogP contribution is 2.28. The van der Waals surface area contributed by atoms with Gasteiger partial charge in [0.05, 0.1) is 23.6 Å². The number of hydrogen-bond donors (Lipinski definition) is 2. The van der Waals surface area contributed by atoms with Gasteiger partial charge >= 0.3 is 0 Å². The lowest BCUT2D eigenvalue weighted by Gasteiger charge is -2.03. The molecular formula is C11H11N5OS. The molecule has 3 aromatic heterocycles. The fourth-order valence-electron chi connectivity index (χ4n) is 1.56. The Kier molecular flexibility index (Phi) is 2.89. The number of rotatable bonds is 4. The topological polar surface area (TPSA) is 79.6 Å². The molecule has 0 spiro atoms. The van der Waals surface area contributed by atoms with Crippen molar-refractivity contribution in [2.75, 3.05) is 12.4 Å². The monoisotopic (exact) mass is 261 g/mol. The van der Waals surface area contributed by atoms with Crippen molar-refractivity contribution in [2.24, 2.45) is 0 Å². The third kappa shape index (κ3) is 2.04. The molecule has 0 radical (unpaired) electrons. The molecule has 0 atom stereocenters. The summed E-state index contributed by atoms with van der Waals surface area (Å²) in [4.78, 5) is 8.71. The van der Waals surface area contributed by atoms with Gasteiger partial charge in [0, 0.05) is 7.05 Å². The first-order valence-corrected chi connectivity index (χ1v) is 6.39. The summed E-state index contributed by atoms with van der Waals surface area (Å²) in [6, 6.07) is 3.82. The Morgan fingerprint density at radius 1 is 1.44 bits per heavy atom. The number of furan rings is 1. The number of nitrogens with zero attached hydrogens (tertiary/aromatic N) is 3. The van der Waals surface area contributed by atoms with Crippen molar-refractivity contribution in [3.05, 3.63) is 30.4 Å². The predicted molar refractivity (Wildman–Crippen MR) is 69.5 cm³/mol. The molecule has 0 amide bonds. The molecule has 7 heteroatoms. The van der Waals surface area contributed by atoms with Gasteiger partial charge in [-0.05, 0) is 12.1 Å². The molecule has 0 fully saturated rings. The number of H-pyrrole nitrogens is 1. The molecule has 0 aromatic carbocycles. The van der Waals surface area contributed by atoms with Gasteiger partial charge in [-0.3, -0.25) is 5.10 Å². The van der Waals surface area contributed by atoms with E-state index in [2.05, 4.69) is 25.5 Å². The van der Waals surface area contributed by atoms with E-state index in [-0.39, 0.29) is 0 Å². The molecule has 92 valence electrons. The number of aromatic amines is 1. The van der Waals surface area contributed by atoms with Crippen molar-refractivity contribution in [1.82, 2.24) is 20.2 Å². The predicted octanol–water partition coefficient (Wildman–Crippen LogP) is 2.28. The fraction of sp³-hybridized carbons (Fsp3) is 0.182. The van der Waals surface area contributed by atoms with Gasteiger partial charge in [-0.2, -0.15) is 10.1 Å². The van der Waals surface area contributed by atoms with E-state index in [4.69, 9.17) is 4.42 Å². The lowest BCUT2D eigenvalue weighted by molar-refractivity contribution is 0.530. The second-order valence-electron chi connectivity index (χ2n) is 3.60. The van der Waals surface area contributed by atoms with E-state index in [0.717, 1.165) is 27.6 Å². The number of anilines is 1. The zero-order valence-corrected chi connectivity index (χ0v) is 10.5. The number of aromatic nitrogens is 4. The molecule has 0 aliphatic heterocycles. The molecule has 18 heavy (non-hydrogen) atoms. The first-order chi connectivity index (χ1) is 8.86. The van der Waals surface area contributed by atoms with Crippen LogP contribution >= 0.6 is 11.8 Å². The Morgan fingerprint density at radius 2 is 2.39 bits per heavy atom. The van der Waals surface area contributed by atoms with Crippen LogP contribution < -0.4 is 5.32 Å². The summed E-state index contributed by atoms with van der Waals surface area (Å²) in [5.74, 6) is 2.22. The summed E-state index contributed by atoms with van der Waals surface area (Å²) in [6.07, 6.45) is 3.40. The van der Waals surface area contributed by atoms with E-state index in [1.165, 1.54) is 0 Å². The average molecular weight is 261 g/mol. The van der Waals surface area contributed by atoms with Crippen LogP contribution in [0.3, 0.4) is 0 Å². The number of fused-ring (bicyclic) bond motifs is 1. The Labute approximate surface area is 107 Å². The Balaban J connectivity index is 1.92. The van der Waals surface area contributed by atoms with Crippen LogP contribution in [0.1, 0.15) is 5.76 Å². The molecule has 0 unspecified atom stereocenters. The maximum absolute atomic E-state index is 5.30. The van der Waals surface area contributed by atoms with Crippen molar-refractivity contribution >= 4 is 28.7 Å². The highest BCUT2D eigenvalue weighted by molar-refractivity contribution is 7.98. The lowest BCUT2D eigenvalue weighted by Crippen LogP contribution is -1.97. The Hall–Kier alpha value is -2.02. The number of thioether (sulfide) groups is 1. The van der Waals surface area contributed by atoms with Gasteiger partial charge in [0.2, 0.25) is 5.95 Å². The highest BCUT2D eigenvalue weighted by Gasteiger charge is 2.10. The van der Waals surface area contributed by atoms with E-state index in [9.17, 15) is 0 Å². The molecule has 6 nitrogen and oxygen atoms in total. The maximum Gasteiger partial charge on any atom is 0.225 e. The van der Waals surface area contributed by atoms with E-state index in [1.807, 2.05) is 12.1 Å². The molecule has 3 aromatic rings. The summed E-state index contributed by atoms with van der Waals surface area (Å²) in [5, 5.41) is 11.6. The van der Waals surface area contributed by atoms with Crippen LogP contribution in [-0.2, 0) is 5.75 Å². The third-order valence-corrected chi connectivity index (χ3v) is 3.44. The SMILES string of the molecule is CNc1nc(SCc2ccco2)c2cn[nH]c2n1. The molecule has 0 saturated carbocycles. The van der Waals surface area contributed by atoms with E-state index in [1.54, 1.807) is 31.3 Å². The van der Waals surface area contributed by atoms with Gasteiger partial charge in [0.25, 0.3) is 0 Å². The summed E-state index contributed by atoms with van der Waals surface area (Å²) >= 11 is 1.60. The Bertz CT molecular complexity index is 649. The molecule has 3 heterocycles. The maximum atomic E-state index is 5.30. The minimum atomic E-state index is 0.577. The number of nitrogens with one attached hydrogen (secondary N) is 2. The van der Waals surface area contributed by atoms with E-state index >= 15 is 0 Å². The third-order valence-electron chi connectivity index (χ3n) is 2.43. The van der Waals surface area contributed by atoms with Crippen molar-refractivity contribution in [1.29, 1.82) is 0 Å². The first kappa shape index (κ1) is 11.1. The molecule has 3 rings (SSSR count). The largest absolute Gasteiger partial charge is 0.468 e. The zero-order chi connectivity index (χ0) is 12.4. The lowest BCUT2D eigenvalue weighted by atomic mass is 10.4. The molecule has 2 N–H and O–H groups in total. The molecule has 0 aliphatic rings. The zero-order valence-electron chi connectivity index (χ0n) is 9.67. The van der Waals surface area contributed by atoms with Gasteiger partial charge < -0.3 is 9.73 Å². The average Bonchev–Trinajstić information content (AvgIpc) is 3.06. The van der Waals surface area contributed by atoms with Crippen molar-refractivity contribution in [2.45, 2.75) is 10.8 Å². The number of hydrogen-bond acceptors (Lipinski definition) is 6. The van der Waals surface area contributed by atoms with Gasteiger partial charge in [-0.15, -0.1) is 0 Å². The molecule has 0 aliphatic carbocycles. The van der Waals surface area contributed by atoms with Crippen LogP contribution in [0.15, 0.2) is 34.0 Å². The van der Waals surface area contributed by atoms with Gasteiger partial charge in [-0.1, -0.05) is 11.8 Å². The summed E-state index contributed by atoms with van der Waals surface area (Å²) < 4.78 is 5.30. The van der Waals surface area contributed by atoms with Crippen LogP contribution in [0.4, 0.5) is 5.95 Å². The van der Waals surface area contributed by atoms with Gasteiger partial charge in [0.15, 0.2) is 5.65 Å². The quantitative estimate of drug-likeness (QED) is 0.554. The van der Waals surface area contributed by atoms with Gasteiger partial charge in [0.1, 0.15) is 10.8 Å². The van der Waals surface area contributed by atoms with Crippen LogP contribution in [-0.4, -0.2) is 27.2 Å². The van der Waals surface area contributed by atoms with Crippen LogP contribution in [0.2, 0.25) is 0 Å². The summed E-state index contributed by atoms with van der Waals surface area (Å²) in [6.45, 7) is 0. The second-order valence-corrected chi connectivity index (χ2v) is 4.57. The molecule has 0 bridgehead atoms. The van der Waals surface area contributed by atoms with Crippen molar-refractivity contribution in [3.63, 3.8) is 0 Å². The fourth-order valence-corrected chi connectivity index (χ4v) is 2.46. The highest BCUT2D eigenvalue weighted by atomic mass is 32.2. The van der Waals surface area contributed by atoms with Crippen LogP contribution in [0, 0.1) is 0 Å². The van der Waals surface area contributed by atoms with E-state index < -0.39 is 0 Å². The normalized spacial score (nSPS) is 10.9. The van der Waals surface area contributed by atoms with Crippen molar-refractivity contribution in [3.8, 4) is 0 Å². The van der Waals surface area contributed by atoms with Gasteiger partial charge in [-0.25, -0.2) is 4.98 Å². The molecule has 0 saturated heterocycles. The smallest absolute Gasteiger partial charge is 0.225 e. The van der Waals surface area contributed by atoms with Crippen LogP contribution in [0.25, 0.3) is 11.0 Å². The standard InChI is InChI=1S/C11H11N5OS/c1-12-11-14-9-8(5-13-16-9)10(15-11)18-6-7-3-2-4-17-7/h2-5H,6H2,1H3,(H2,12,13,14,15,16). The summed E-state index contributed by atoms with van der Waals surface area (Å²) in [7, 11) is 1.79. The Morgan fingerprint density at radius 3 is 3.17 bits per heavy atom. The second kappa shape index (κ2) is 4.69. The minimum absolute atomic E-state index is 0.577. The summed E-state index contributed by atoms with van der Waals surface area (Å²) in [5.41, 5.74) is 0.733. The van der Waals surface area contributed by atoms with Crippen molar-refractivity contribution < 1.29 is 4.42 Å².